The normalized spacial score (nSPS) is 16.3. The van der Waals surface area contributed by atoms with Crippen molar-refractivity contribution in [2.75, 3.05) is 13.1 Å². The fourth-order valence-electron chi connectivity index (χ4n) is 3.63. The summed E-state index contributed by atoms with van der Waals surface area (Å²) in [5.41, 5.74) is 7.40. The van der Waals surface area contributed by atoms with Gasteiger partial charge in [0.05, 0.1) is 11.3 Å². The van der Waals surface area contributed by atoms with Crippen LogP contribution in [-0.4, -0.2) is 39.9 Å². The highest BCUT2D eigenvalue weighted by atomic mass is 19.2. The van der Waals surface area contributed by atoms with E-state index in [1.54, 1.807) is 24.9 Å². The van der Waals surface area contributed by atoms with Crippen LogP contribution in [0.5, 0.6) is 0 Å². The molecule has 1 saturated heterocycles. The Kier molecular flexibility index (Phi) is 5.98. The molecule has 0 saturated carbocycles. The Hall–Kier alpha value is -2.48. The van der Waals surface area contributed by atoms with Gasteiger partial charge in [-0.3, -0.25) is 4.79 Å². The van der Waals surface area contributed by atoms with E-state index in [4.69, 9.17) is 5.73 Å². The highest BCUT2D eigenvalue weighted by Crippen LogP contribution is 2.25. The zero-order valence-corrected chi connectivity index (χ0v) is 15.9. The second kappa shape index (κ2) is 8.26. The van der Waals surface area contributed by atoms with Gasteiger partial charge in [-0.1, -0.05) is 0 Å². The topological polar surface area (TPSA) is 72.1 Å². The standard InChI is InChI=1S/C20H23F3N4O/c1-11-15(10-25-12(2)26-11)20(28)27-5-3-13(4-6-27)19(24)8-14-7-17(22)18(23)9-16(14)21/h7,9-10,13,19H,3-6,8,24H2,1-2H3/t19-/m1/s1. The van der Waals surface area contributed by atoms with Crippen molar-refractivity contribution in [2.45, 2.75) is 39.2 Å². The predicted octanol–water partition coefficient (Wildman–Crippen LogP) is 2.93. The van der Waals surface area contributed by atoms with Gasteiger partial charge in [-0.15, -0.1) is 0 Å². The molecule has 0 unspecified atom stereocenters. The average Bonchev–Trinajstić information content (AvgIpc) is 2.65. The lowest BCUT2D eigenvalue weighted by Gasteiger charge is -2.35. The number of likely N-dealkylation sites (tertiary alicyclic amines) is 1. The van der Waals surface area contributed by atoms with E-state index in [-0.39, 0.29) is 23.8 Å². The number of benzene rings is 1. The smallest absolute Gasteiger partial charge is 0.257 e. The van der Waals surface area contributed by atoms with Crippen molar-refractivity contribution in [1.29, 1.82) is 0 Å². The Bertz CT molecular complexity index is 882. The minimum absolute atomic E-state index is 0.0620. The average molecular weight is 392 g/mol. The minimum atomic E-state index is -1.21. The molecule has 5 nitrogen and oxygen atoms in total. The number of aryl methyl sites for hydroxylation is 2. The number of amides is 1. The number of piperidine rings is 1. The first-order chi connectivity index (χ1) is 13.3. The SMILES string of the molecule is Cc1ncc(C(=O)N2CCC([C@H](N)Cc3cc(F)c(F)cc3F)CC2)c(C)n1. The van der Waals surface area contributed by atoms with Gasteiger partial charge in [0.25, 0.3) is 5.91 Å². The van der Waals surface area contributed by atoms with E-state index in [2.05, 4.69) is 9.97 Å². The molecule has 2 aromatic rings. The molecule has 1 aliphatic heterocycles. The molecule has 1 aromatic heterocycles. The highest BCUT2D eigenvalue weighted by molar-refractivity contribution is 5.95. The van der Waals surface area contributed by atoms with E-state index >= 15 is 0 Å². The molecule has 150 valence electrons. The van der Waals surface area contributed by atoms with Gasteiger partial charge in [0.1, 0.15) is 11.6 Å². The van der Waals surface area contributed by atoms with Crippen LogP contribution in [0.15, 0.2) is 18.3 Å². The van der Waals surface area contributed by atoms with Gasteiger partial charge in [0.15, 0.2) is 11.6 Å². The fourth-order valence-corrected chi connectivity index (χ4v) is 3.63. The van der Waals surface area contributed by atoms with Crippen molar-refractivity contribution in [3.05, 3.63) is 58.4 Å². The molecular formula is C20H23F3N4O. The van der Waals surface area contributed by atoms with Crippen LogP contribution in [0.4, 0.5) is 13.2 Å². The summed E-state index contributed by atoms with van der Waals surface area (Å²) < 4.78 is 40.3. The van der Waals surface area contributed by atoms with Crippen LogP contribution in [0.1, 0.15) is 40.3 Å². The monoisotopic (exact) mass is 392 g/mol. The molecule has 2 N–H and O–H groups in total. The van der Waals surface area contributed by atoms with E-state index in [1.165, 1.54) is 0 Å². The van der Waals surface area contributed by atoms with Gasteiger partial charge in [-0.25, -0.2) is 23.1 Å². The number of carbonyl (C=O) groups excluding carboxylic acids is 1. The van der Waals surface area contributed by atoms with Crippen molar-refractivity contribution < 1.29 is 18.0 Å². The predicted molar refractivity (Wildman–Crippen MR) is 98.1 cm³/mol. The summed E-state index contributed by atoms with van der Waals surface area (Å²) in [6, 6.07) is 1.01. The van der Waals surface area contributed by atoms with Crippen LogP contribution in [0.2, 0.25) is 0 Å². The third-order valence-corrected chi connectivity index (χ3v) is 5.31. The van der Waals surface area contributed by atoms with Crippen LogP contribution in [-0.2, 0) is 6.42 Å². The lowest BCUT2D eigenvalue weighted by molar-refractivity contribution is 0.0676. The fraction of sp³-hybridized carbons (Fsp3) is 0.450. The first kappa shape index (κ1) is 20.3. The van der Waals surface area contributed by atoms with E-state index in [1.807, 2.05) is 0 Å². The third-order valence-electron chi connectivity index (χ3n) is 5.31. The minimum Gasteiger partial charge on any atom is -0.339 e. The van der Waals surface area contributed by atoms with Crippen molar-refractivity contribution >= 4 is 5.91 Å². The van der Waals surface area contributed by atoms with E-state index in [0.29, 0.717) is 49.1 Å². The molecule has 1 amide bonds. The quantitative estimate of drug-likeness (QED) is 0.812. The number of aromatic nitrogens is 2. The van der Waals surface area contributed by atoms with Crippen molar-refractivity contribution in [3.8, 4) is 0 Å². The van der Waals surface area contributed by atoms with Gasteiger partial charge in [-0.05, 0) is 50.7 Å². The maximum Gasteiger partial charge on any atom is 0.257 e. The van der Waals surface area contributed by atoms with Gasteiger partial charge in [-0.2, -0.15) is 0 Å². The summed E-state index contributed by atoms with van der Waals surface area (Å²) in [5.74, 6) is -2.53. The molecule has 1 aliphatic rings. The van der Waals surface area contributed by atoms with E-state index in [0.717, 1.165) is 6.07 Å². The summed E-state index contributed by atoms with van der Waals surface area (Å²) >= 11 is 0. The molecule has 0 spiro atoms. The molecule has 0 bridgehead atoms. The van der Waals surface area contributed by atoms with Crippen molar-refractivity contribution in [2.24, 2.45) is 11.7 Å². The van der Waals surface area contributed by atoms with Gasteiger partial charge >= 0.3 is 0 Å². The second-order valence-electron chi connectivity index (χ2n) is 7.27. The second-order valence-corrected chi connectivity index (χ2v) is 7.27. The Labute approximate surface area is 161 Å². The molecule has 0 radical (unpaired) electrons. The largest absolute Gasteiger partial charge is 0.339 e. The molecule has 8 heteroatoms. The number of nitrogens with zero attached hydrogens (tertiary/aromatic N) is 3. The number of hydrogen-bond acceptors (Lipinski definition) is 4. The van der Waals surface area contributed by atoms with Crippen LogP contribution < -0.4 is 5.73 Å². The number of halogens is 3. The molecule has 1 atom stereocenters. The van der Waals surface area contributed by atoms with Crippen LogP contribution >= 0.6 is 0 Å². The summed E-state index contributed by atoms with van der Waals surface area (Å²) in [5, 5.41) is 0. The Balaban J connectivity index is 1.60. The van der Waals surface area contributed by atoms with Crippen molar-refractivity contribution in [1.82, 2.24) is 14.9 Å². The first-order valence-electron chi connectivity index (χ1n) is 9.24. The molecule has 28 heavy (non-hydrogen) atoms. The van der Waals surface area contributed by atoms with Gasteiger partial charge < -0.3 is 10.6 Å². The zero-order chi connectivity index (χ0) is 20.4. The van der Waals surface area contributed by atoms with Crippen LogP contribution in [0.3, 0.4) is 0 Å². The Morgan fingerprint density at radius 2 is 1.82 bits per heavy atom. The molecule has 2 heterocycles. The number of carbonyl (C=O) groups is 1. The molecule has 1 aromatic carbocycles. The summed E-state index contributed by atoms with van der Waals surface area (Å²) in [7, 11) is 0. The summed E-state index contributed by atoms with van der Waals surface area (Å²) in [6.07, 6.45) is 2.98. The van der Waals surface area contributed by atoms with Crippen LogP contribution in [0.25, 0.3) is 0 Å². The Morgan fingerprint density at radius 1 is 1.18 bits per heavy atom. The third kappa shape index (κ3) is 4.32. The number of rotatable bonds is 4. The maximum absolute atomic E-state index is 13.9. The molecule has 0 aliphatic carbocycles. The first-order valence-corrected chi connectivity index (χ1v) is 9.24. The van der Waals surface area contributed by atoms with Gasteiger partial charge in [0, 0.05) is 31.4 Å². The molecular weight excluding hydrogens is 369 g/mol. The summed E-state index contributed by atoms with van der Waals surface area (Å²) in [4.78, 5) is 22.8. The molecule has 1 fully saturated rings. The lowest BCUT2D eigenvalue weighted by Crippen LogP contribution is -2.44. The number of hydrogen-bond donors (Lipinski definition) is 1. The van der Waals surface area contributed by atoms with Gasteiger partial charge in [0.2, 0.25) is 0 Å². The lowest BCUT2D eigenvalue weighted by atomic mass is 9.86. The van der Waals surface area contributed by atoms with E-state index in [9.17, 15) is 18.0 Å². The zero-order valence-electron chi connectivity index (χ0n) is 15.9. The van der Waals surface area contributed by atoms with Crippen molar-refractivity contribution in [3.63, 3.8) is 0 Å². The number of nitrogens with two attached hydrogens (primary N) is 1. The maximum atomic E-state index is 13.9. The summed E-state index contributed by atoms with van der Waals surface area (Å²) in [6.45, 7) is 4.58. The van der Waals surface area contributed by atoms with Crippen LogP contribution in [0, 0.1) is 37.2 Å². The molecule has 3 rings (SSSR count). The Morgan fingerprint density at radius 3 is 2.46 bits per heavy atom. The van der Waals surface area contributed by atoms with E-state index < -0.39 is 23.5 Å². The highest BCUT2D eigenvalue weighted by Gasteiger charge is 2.29.